The molecule has 0 saturated heterocycles. The van der Waals surface area contributed by atoms with Crippen molar-refractivity contribution >= 4 is 11.7 Å². The lowest BCUT2D eigenvalue weighted by Crippen LogP contribution is -2.32. The Morgan fingerprint density at radius 3 is 2.32 bits per heavy atom. The van der Waals surface area contributed by atoms with E-state index in [4.69, 9.17) is 30.1 Å². The summed E-state index contributed by atoms with van der Waals surface area (Å²) in [6.07, 6.45) is -1.51. The van der Waals surface area contributed by atoms with Crippen molar-refractivity contribution < 1.29 is 32.5 Å². The molecule has 1 atom stereocenters. The summed E-state index contributed by atoms with van der Waals surface area (Å²) in [7, 11) is 0. The van der Waals surface area contributed by atoms with Crippen LogP contribution in [0, 0.1) is 17.0 Å². The van der Waals surface area contributed by atoms with Crippen molar-refractivity contribution in [1.29, 1.82) is 5.41 Å². The van der Waals surface area contributed by atoms with Gasteiger partial charge in [0.05, 0.1) is 25.4 Å². The fraction of sp³-hybridized carbons (Fsp3) is 0.417. The van der Waals surface area contributed by atoms with Gasteiger partial charge in [-0.1, -0.05) is 24.3 Å². The summed E-state index contributed by atoms with van der Waals surface area (Å²) in [6.45, 7) is 5.28. The first-order valence-electron chi connectivity index (χ1n) is 11.0. The highest BCUT2D eigenvalue weighted by Gasteiger charge is 2.29. The quantitative estimate of drug-likeness (QED) is 0.205. The first kappa shape index (κ1) is 27.2. The minimum Gasteiger partial charge on any atom is -0.488 e. The van der Waals surface area contributed by atoms with E-state index in [1.807, 2.05) is 6.92 Å². The molecular weight excluding hydrogens is 448 g/mol. The molecule has 10 heteroatoms. The summed E-state index contributed by atoms with van der Waals surface area (Å²) in [5, 5.41) is 10.0. The number of hydrogen-bond acceptors (Lipinski definition) is 6. The number of nitrogens with one attached hydrogen (secondary N) is 2. The number of carbonyl (C=O) groups excluding carboxylic acids is 1. The molecule has 0 saturated carbocycles. The molecule has 1 unspecified atom stereocenters. The van der Waals surface area contributed by atoms with Crippen LogP contribution in [-0.4, -0.2) is 51.4 Å². The van der Waals surface area contributed by atoms with Crippen LogP contribution >= 0.6 is 0 Å². The molecule has 0 fully saturated rings. The number of carbonyl (C=O) groups is 1. The standard InChI is InChI=1S/C24H31F2N3O5/c1-3-31-11-12-32-13-14-34-19-10-9-18(25)20(21(19)26)22(33-4-2)24(30)29-15-16-5-7-17(8-6-16)23(27)28/h5-10,22H,3-4,11-15H2,1-2H3,(H3,27,28)(H,29,30). The lowest BCUT2D eigenvalue weighted by molar-refractivity contribution is -0.133. The number of rotatable bonds is 15. The highest BCUT2D eigenvalue weighted by atomic mass is 19.1. The molecule has 34 heavy (non-hydrogen) atoms. The molecule has 4 N–H and O–H groups in total. The minimum absolute atomic E-state index is 0.0376. The van der Waals surface area contributed by atoms with E-state index in [0.29, 0.717) is 25.4 Å². The molecule has 2 rings (SSSR count). The van der Waals surface area contributed by atoms with E-state index in [1.54, 1.807) is 31.2 Å². The number of benzene rings is 2. The summed E-state index contributed by atoms with van der Waals surface area (Å²) >= 11 is 0. The van der Waals surface area contributed by atoms with Crippen LogP contribution in [0.5, 0.6) is 5.75 Å². The fourth-order valence-electron chi connectivity index (χ4n) is 3.02. The number of nitrogen functional groups attached to an aromatic ring is 1. The van der Waals surface area contributed by atoms with Gasteiger partial charge in [0, 0.05) is 25.3 Å². The smallest absolute Gasteiger partial charge is 0.254 e. The maximum absolute atomic E-state index is 15.1. The van der Waals surface area contributed by atoms with E-state index in [2.05, 4.69) is 5.32 Å². The zero-order valence-electron chi connectivity index (χ0n) is 19.4. The van der Waals surface area contributed by atoms with E-state index in [1.165, 1.54) is 0 Å². The zero-order chi connectivity index (χ0) is 24.9. The summed E-state index contributed by atoms with van der Waals surface area (Å²) in [5.41, 5.74) is 6.17. The van der Waals surface area contributed by atoms with Gasteiger partial charge in [0.1, 0.15) is 18.3 Å². The molecule has 0 bridgehead atoms. The Hall–Kier alpha value is -3.08. The molecule has 0 aliphatic carbocycles. The van der Waals surface area contributed by atoms with Crippen LogP contribution in [0.3, 0.4) is 0 Å². The van der Waals surface area contributed by atoms with Crippen molar-refractivity contribution in [3.63, 3.8) is 0 Å². The number of amidine groups is 1. The lowest BCUT2D eigenvalue weighted by Gasteiger charge is -2.20. The molecule has 0 spiro atoms. The SMILES string of the molecule is CCOCCOCCOc1ccc(F)c(C(OCC)C(=O)NCc2ccc(C(=N)N)cc2)c1F. The van der Waals surface area contributed by atoms with Gasteiger partial charge >= 0.3 is 0 Å². The van der Waals surface area contributed by atoms with Gasteiger partial charge in [-0.05, 0) is 31.5 Å². The third kappa shape index (κ3) is 8.05. The zero-order valence-corrected chi connectivity index (χ0v) is 19.4. The fourth-order valence-corrected chi connectivity index (χ4v) is 3.02. The molecule has 2 aromatic carbocycles. The maximum Gasteiger partial charge on any atom is 0.254 e. The number of nitrogens with two attached hydrogens (primary N) is 1. The maximum atomic E-state index is 15.1. The molecule has 186 valence electrons. The van der Waals surface area contributed by atoms with Gasteiger partial charge in [-0.2, -0.15) is 0 Å². The summed E-state index contributed by atoms with van der Waals surface area (Å²) < 4.78 is 50.9. The first-order chi connectivity index (χ1) is 16.4. The Morgan fingerprint density at radius 1 is 1.00 bits per heavy atom. The molecule has 0 heterocycles. The average molecular weight is 480 g/mol. The lowest BCUT2D eigenvalue weighted by atomic mass is 10.1. The summed E-state index contributed by atoms with van der Waals surface area (Å²) in [5.74, 6) is -2.91. The van der Waals surface area contributed by atoms with Gasteiger partial charge in [0.15, 0.2) is 17.7 Å². The summed E-state index contributed by atoms with van der Waals surface area (Å²) in [6, 6.07) is 8.86. The van der Waals surface area contributed by atoms with E-state index in [0.717, 1.165) is 17.7 Å². The minimum atomic E-state index is -1.51. The van der Waals surface area contributed by atoms with Crippen LogP contribution in [0.1, 0.15) is 36.6 Å². The highest BCUT2D eigenvalue weighted by molar-refractivity contribution is 5.94. The van der Waals surface area contributed by atoms with Gasteiger partial charge in [-0.25, -0.2) is 8.78 Å². The molecule has 2 aromatic rings. The summed E-state index contributed by atoms with van der Waals surface area (Å²) in [4.78, 5) is 12.8. The number of amides is 1. The Morgan fingerprint density at radius 2 is 1.68 bits per heavy atom. The second-order valence-electron chi connectivity index (χ2n) is 7.09. The average Bonchev–Trinajstić information content (AvgIpc) is 2.83. The van der Waals surface area contributed by atoms with Gasteiger partial charge in [-0.3, -0.25) is 10.2 Å². The van der Waals surface area contributed by atoms with Crippen molar-refractivity contribution in [3.05, 3.63) is 64.7 Å². The molecule has 0 radical (unpaired) electrons. The normalized spacial score (nSPS) is 11.8. The topological polar surface area (TPSA) is 116 Å². The molecule has 1 amide bonds. The Balaban J connectivity index is 2.05. The van der Waals surface area contributed by atoms with Crippen molar-refractivity contribution in [3.8, 4) is 5.75 Å². The predicted octanol–water partition coefficient (Wildman–Crippen LogP) is 3.07. The molecule has 0 aliphatic heterocycles. The van der Waals surface area contributed by atoms with E-state index >= 15 is 4.39 Å². The third-order valence-corrected chi connectivity index (χ3v) is 4.72. The van der Waals surface area contributed by atoms with Crippen LogP contribution in [0.2, 0.25) is 0 Å². The van der Waals surface area contributed by atoms with E-state index in [9.17, 15) is 9.18 Å². The number of ether oxygens (including phenoxy) is 4. The van der Waals surface area contributed by atoms with Crippen molar-refractivity contribution in [2.24, 2.45) is 5.73 Å². The molecule has 0 aliphatic rings. The Labute approximate surface area is 197 Å². The van der Waals surface area contributed by atoms with Crippen LogP contribution in [0.4, 0.5) is 8.78 Å². The van der Waals surface area contributed by atoms with Crippen LogP contribution in [0.15, 0.2) is 36.4 Å². The van der Waals surface area contributed by atoms with Crippen LogP contribution in [-0.2, 0) is 25.5 Å². The van der Waals surface area contributed by atoms with Crippen molar-refractivity contribution in [2.45, 2.75) is 26.5 Å². The predicted molar refractivity (Wildman–Crippen MR) is 123 cm³/mol. The Kier molecular flexibility index (Phi) is 11.4. The second kappa shape index (κ2) is 14.2. The monoisotopic (exact) mass is 479 g/mol. The third-order valence-electron chi connectivity index (χ3n) is 4.72. The van der Waals surface area contributed by atoms with Gasteiger partial charge in [0.2, 0.25) is 0 Å². The van der Waals surface area contributed by atoms with Gasteiger partial charge in [0.25, 0.3) is 5.91 Å². The van der Waals surface area contributed by atoms with Crippen LogP contribution in [0.25, 0.3) is 0 Å². The second-order valence-corrected chi connectivity index (χ2v) is 7.09. The van der Waals surface area contributed by atoms with Gasteiger partial charge < -0.3 is 30.0 Å². The molecule has 0 aromatic heterocycles. The Bertz CT molecular complexity index is 941. The molecular formula is C24H31F2N3O5. The van der Waals surface area contributed by atoms with Gasteiger partial charge in [-0.15, -0.1) is 0 Å². The number of hydrogen-bond donors (Lipinski definition) is 3. The largest absolute Gasteiger partial charge is 0.488 e. The van der Waals surface area contributed by atoms with E-state index in [-0.39, 0.29) is 38.0 Å². The van der Waals surface area contributed by atoms with Crippen molar-refractivity contribution in [2.75, 3.05) is 39.6 Å². The number of halogens is 2. The van der Waals surface area contributed by atoms with Crippen LogP contribution < -0.4 is 15.8 Å². The first-order valence-corrected chi connectivity index (χ1v) is 11.0. The molecule has 8 nitrogen and oxygen atoms in total. The highest BCUT2D eigenvalue weighted by Crippen LogP contribution is 2.30. The van der Waals surface area contributed by atoms with Crippen molar-refractivity contribution in [1.82, 2.24) is 5.32 Å². The van der Waals surface area contributed by atoms with E-state index < -0.39 is 29.2 Å².